The molecule has 0 rings (SSSR count). The molecule has 0 aromatic carbocycles. The molecule has 0 amide bonds. The van der Waals surface area contributed by atoms with Gasteiger partial charge in [0.2, 0.25) is 5.67 Å². The molecule has 0 aliphatic rings. The lowest BCUT2D eigenvalue weighted by Crippen LogP contribution is -2.80. The Balaban J connectivity index is 8.83. The van der Waals surface area contributed by atoms with Crippen LogP contribution in [-0.2, 0) is 0 Å². The van der Waals surface area contributed by atoms with Gasteiger partial charge in [0.15, 0.2) is 0 Å². The molecule has 0 aliphatic carbocycles. The van der Waals surface area contributed by atoms with Crippen molar-refractivity contribution in [3.63, 3.8) is 0 Å². The van der Waals surface area contributed by atoms with Crippen LogP contribution < -0.4 is 0 Å². The Morgan fingerprint density at radius 3 is 0.618 bits per heavy atom. The maximum atomic E-state index is 14.0. The normalized spacial score (nSPS) is 16.9. The SMILES string of the molecule is F[C-](C(F)(C(F)(F)F)C(F)(F)F)C(C(F)(F)F)(C(F)(F)F)C(C(F)(F)F)(C(F)(F)F)C(F)(F)F. The van der Waals surface area contributed by atoms with Crippen molar-refractivity contribution in [3.05, 3.63) is 6.17 Å². The highest BCUT2D eigenvalue weighted by molar-refractivity contribution is 5.31. The first kappa shape index (κ1) is 32.4. The fraction of sp³-hybridized carbons (Fsp3) is 0.909. The molecule has 0 saturated heterocycles. The maximum absolute atomic E-state index is 14.0. The molecule has 0 unspecified atom stereocenters. The average Bonchev–Trinajstić information content (AvgIpc) is 2.41. The van der Waals surface area contributed by atoms with Crippen LogP contribution in [0.5, 0.6) is 0 Å². The van der Waals surface area contributed by atoms with Crippen molar-refractivity contribution >= 4 is 0 Å². The number of rotatable bonds is 3. The van der Waals surface area contributed by atoms with E-state index in [1.165, 1.54) is 0 Å². The van der Waals surface area contributed by atoms with E-state index < -0.39 is 65.9 Å². The molecule has 0 N–H and O–H groups in total. The molecule has 0 radical (unpaired) electrons. The highest BCUT2D eigenvalue weighted by atomic mass is 19.5. The van der Waals surface area contributed by atoms with Gasteiger partial charge in [0.05, 0.1) is 0 Å². The summed E-state index contributed by atoms with van der Waals surface area (Å²) in [6.45, 7) is 0. The third-order valence-electron chi connectivity index (χ3n) is 4.10. The molecule has 0 aliphatic heterocycles. The molecule has 0 spiro atoms. The lowest BCUT2D eigenvalue weighted by atomic mass is 9.55. The Labute approximate surface area is 168 Å². The lowest BCUT2D eigenvalue weighted by molar-refractivity contribution is -0.530. The van der Waals surface area contributed by atoms with Crippen LogP contribution in [0.25, 0.3) is 0 Å². The smallest absolute Gasteiger partial charge is 0.410 e. The molecule has 0 aromatic heterocycles. The van der Waals surface area contributed by atoms with Gasteiger partial charge in [-0.15, -0.1) is 0 Å². The van der Waals surface area contributed by atoms with Crippen molar-refractivity contribution in [2.24, 2.45) is 10.8 Å². The summed E-state index contributed by atoms with van der Waals surface area (Å²) in [5, 5.41) is 0. The first-order valence-electron chi connectivity index (χ1n) is 6.85. The minimum Gasteiger partial charge on any atom is -0.451 e. The molecular weight excluding hydrogens is 569 g/mol. The van der Waals surface area contributed by atoms with Crippen molar-refractivity contribution in [1.29, 1.82) is 0 Å². The van der Waals surface area contributed by atoms with Gasteiger partial charge in [-0.3, -0.25) is 4.39 Å². The molecule has 34 heavy (non-hydrogen) atoms. The molecule has 206 valence electrons. The average molecular weight is 569 g/mol. The van der Waals surface area contributed by atoms with Crippen LogP contribution in [0.15, 0.2) is 0 Å². The summed E-state index contributed by atoms with van der Waals surface area (Å²) in [6, 6.07) is 0. The predicted molar refractivity (Wildman–Crippen MR) is 55.4 cm³/mol. The number of hydrogen-bond acceptors (Lipinski definition) is 0. The standard InChI is InChI=1S/C11F23/c12-1(3(13,7(20,21)22)8(23,24)25)2(5(14,15)16,6(17,18)19)4(9(26,27)28,10(29,30)31)11(32,33)34/q-1. The lowest BCUT2D eigenvalue weighted by Gasteiger charge is -2.62. The van der Waals surface area contributed by atoms with Crippen LogP contribution >= 0.6 is 0 Å². The highest BCUT2D eigenvalue weighted by Gasteiger charge is 3.00. The van der Waals surface area contributed by atoms with Gasteiger partial charge in [-0.25, -0.2) is 0 Å². The van der Waals surface area contributed by atoms with E-state index in [9.17, 15) is 101 Å². The van der Waals surface area contributed by atoms with E-state index in [1.54, 1.807) is 0 Å². The van der Waals surface area contributed by atoms with Crippen molar-refractivity contribution in [1.82, 2.24) is 0 Å². The second-order valence-electron chi connectivity index (χ2n) is 5.96. The zero-order chi connectivity index (χ0) is 28.6. The number of alkyl halides is 22. The van der Waals surface area contributed by atoms with Gasteiger partial charge in [-0.1, -0.05) is 6.17 Å². The van der Waals surface area contributed by atoms with E-state index in [0.29, 0.717) is 0 Å². The molecule has 23 heteroatoms. The first-order chi connectivity index (χ1) is 14.2. The molecule has 0 nitrogen and oxygen atoms in total. The summed E-state index contributed by atoms with van der Waals surface area (Å²) in [5.41, 5.74) is -28.9. The minimum absolute atomic E-state index is 7.13. The Morgan fingerprint density at radius 2 is 0.500 bits per heavy atom. The van der Waals surface area contributed by atoms with Crippen molar-refractivity contribution in [2.45, 2.75) is 48.9 Å². The quantitative estimate of drug-likeness (QED) is 0.238. The summed E-state index contributed by atoms with van der Waals surface area (Å²) in [5.74, 6) is 0. The van der Waals surface area contributed by atoms with Crippen molar-refractivity contribution in [3.8, 4) is 0 Å². The molecule has 0 fully saturated rings. The van der Waals surface area contributed by atoms with Gasteiger partial charge in [0.25, 0.3) is 5.41 Å². The molecule has 0 saturated carbocycles. The summed E-state index contributed by atoms with van der Waals surface area (Å²) in [7, 11) is 0. The molecule has 0 bridgehead atoms. The molecule has 0 aromatic rings. The van der Waals surface area contributed by atoms with Crippen LogP contribution in [-0.4, -0.2) is 48.9 Å². The van der Waals surface area contributed by atoms with Crippen LogP contribution in [0.1, 0.15) is 0 Å². The summed E-state index contributed by atoms with van der Waals surface area (Å²) >= 11 is 0. The second-order valence-corrected chi connectivity index (χ2v) is 5.96. The van der Waals surface area contributed by atoms with Crippen LogP contribution in [0.3, 0.4) is 0 Å². The summed E-state index contributed by atoms with van der Waals surface area (Å²) in [4.78, 5) is 0. The Bertz CT molecular complexity index is 647. The summed E-state index contributed by atoms with van der Waals surface area (Å²) < 4.78 is 298. The van der Waals surface area contributed by atoms with Crippen LogP contribution in [0, 0.1) is 17.0 Å². The van der Waals surface area contributed by atoms with Gasteiger partial charge in [-0.2, -0.15) is 92.2 Å². The molecule has 0 heterocycles. The van der Waals surface area contributed by atoms with E-state index in [1.807, 2.05) is 0 Å². The van der Waals surface area contributed by atoms with E-state index in [0.717, 1.165) is 0 Å². The minimum atomic E-state index is -9.94. The maximum Gasteiger partial charge on any atom is 0.410 e. The Morgan fingerprint density at radius 1 is 0.294 bits per heavy atom. The fourth-order valence-electron chi connectivity index (χ4n) is 2.79. The zero-order valence-electron chi connectivity index (χ0n) is 14.2. The summed E-state index contributed by atoms with van der Waals surface area (Å²) in [6.07, 6.45) is -71.0. The van der Waals surface area contributed by atoms with Crippen molar-refractivity contribution < 1.29 is 101 Å². The predicted octanol–water partition coefficient (Wildman–Crippen LogP) is 8.11. The Hall–Kier alpha value is -1.61. The highest BCUT2D eigenvalue weighted by Crippen LogP contribution is 2.80. The first-order valence-corrected chi connectivity index (χ1v) is 6.85. The van der Waals surface area contributed by atoms with E-state index in [2.05, 4.69) is 0 Å². The third kappa shape index (κ3) is 3.87. The third-order valence-corrected chi connectivity index (χ3v) is 4.10. The Kier molecular flexibility index (Phi) is 7.33. The monoisotopic (exact) mass is 569 g/mol. The largest absolute Gasteiger partial charge is 0.451 e. The number of halogens is 23. The van der Waals surface area contributed by atoms with E-state index >= 15 is 0 Å². The van der Waals surface area contributed by atoms with Gasteiger partial charge in [0.1, 0.15) is 5.41 Å². The van der Waals surface area contributed by atoms with Gasteiger partial charge in [0, 0.05) is 0 Å². The van der Waals surface area contributed by atoms with Gasteiger partial charge in [-0.05, 0) is 0 Å². The molecular formula is C11F23-. The van der Waals surface area contributed by atoms with E-state index in [-0.39, 0.29) is 0 Å². The second kappa shape index (κ2) is 7.69. The van der Waals surface area contributed by atoms with Crippen molar-refractivity contribution in [2.75, 3.05) is 0 Å². The van der Waals surface area contributed by atoms with Crippen LogP contribution in [0.4, 0.5) is 101 Å². The zero-order valence-corrected chi connectivity index (χ0v) is 14.2. The van der Waals surface area contributed by atoms with Gasteiger partial charge < -0.3 is 4.39 Å². The molecule has 0 atom stereocenters. The number of hydrogen-bond donors (Lipinski definition) is 0. The van der Waals surface area contributed by atoms with E-state index in [4.69, 9.17) is 0 Å². The van der Waals surface area contributed by atoms with Crippen LogP contribution in [0.2, 0.25) is 0 Å². The fourth-order valence-corrected chi connectivity index (χ4v) is 2.79. The van der Waals surface area contributed by atoms with Gasteiger partial charge >= 0.3 is 43.2 Å². The topological polar surface area (TPSA) is 0 Å².